The van der Waals surface area contributed by atoms with E-state index in [0.717, 1.165) is 0 Å². The average molecular weight is 258 g/mol. The number of aryl methyl sites for hydroxylation is 1. The molecule has 1 fully saturated rings. The summed E-state index contributed by atoms with van der Waals surface area (Å²) in [5, 5.41) is 7.91. The molecule has 0 aromatic carbocycles. The van der Waals surface area contributed by atoms with Crippen molar-refractivity contribution >= 4 is 12.6 Å². The first-order chi connectivity index (χ1) is 7.96. The van der Waals surface area contributed by atoms with E-state index in [2.05, 4.69) is 17.6 Å². The lowest BCUT2D eigenvalue weighted by Crippen LogP contribution is -2.41. The van der Waals surface area contributed by atoms with Gasteiger partial charge in [0.05, 0.1) is 12.7 Å². The summed E-state index contributed by atoms with van der Waals surface area (Å²) in [5.41, 5.74) is -0.567. The molecule has 1 aromatic heterocycles. The minimum absolute atomic E-state index is 0.112. The summed E-state index contributed by atoms with van der Waals surface area (Å²) in [4.78, 5) is 25.2. The fourth-order valence-corrected chi connectivity index (χ4v) is 2.29. The number of H-pyrrole nitrogens is 1. The van der Waals surface area contributed by atoms with Gasteiger partial charge in [0.25, 0.3) is 5.56 Å². The molecule has 2 rings (SSSR count). The Kier molecular flexibility index (Phi) is 3.15. The van der Waals surface area contributed by atoms with E-state index in [1.165, 1.54) is 10.8 Å². The maximum absolute atomic E-state index is 11.7. The van der Waals surface area contributed by atoms with Crippen molar-refractivity contribution < 1.29 is 9.84 Å². The second-order valence-corrected chi connectivity index (χ2v) is 4.84. The molecule has 94 valence electrons. The molecule has 1 aliphatic heterocycles. The van der Waals surface area contributed by atoms with Crippen LogP contribution in [-0.4, -0.2) is 27.4 Å². The molecule has 17 heavy (non-hydrogen) atoms. The smallest absolute Gasteiger partial charge is 0.331 e. The van der Waals surface area contributed by atoms with Crippen LogP contribution in [0.25, 0.3) is 0 Å². The topological polar surface area (TPSA) is 84.3 Å². The highest BCUT2D eigenvalue weighted by Crippen LogP contribution is 2.36. The predicted octanol–water partition coefficient (Wildman–Crippen LogP) is -0.444. The van der Waals surface area contributed by atoms with E-state index in [1.807, 2.05) is 0 Å². The molecule has 6 nitrogen and oxygen atoms in total. The number of hydrogen-bond acceptors (Lipinski definition) is 5. The molecule has 0 saturated carbocycles. The second-order valence-electron chi connectivity index (χ2n) is 4.15. The van der Waals surface area contributed by atoms with E-state index in [-0.39, 0.29) is 12.7 Å². The summed E-state index contributed by atoms with van der Waals surface area (Å²) in [6.07, 6.45) is 2.21. The van der Waals surface area contributed by atoms with E-state index in [4.69, 9.17) is 9.84 Å². The third kappa shape index (κ3) is 2.18. The van der Waals surface area contributed by atoms with Crippen LogP contribution in [0, 0.1) is 6.92 Å². The molecule has 0 unspecified atom stereocenters. The van der Waals surface area contributed by atoms with Crippen molar-refractivity contribution in [2.45, 2.75) is 30.9 Å². The van der Waals surface area contributed by atoms with Gasteiger partial charge in [-0.1, -0.05) is 0 Å². The Bertz CT molecular complexity index is 538. The highest BCUT2D eigenvalue weighted by molar-refractivity contribution is 7.80. The Balaban J connectivity index is 2.44. The highest BCUT2D eigenvalue weighted by Gasteiger charge is 2.39. The Morgan fingerprint density at radius 2 is 2.41 bits per heavy atom. The van der Waals surface area contributed by atoms with Gasteiger partial charge >= 0.3 is 5.69 Å². The largest absolute Gasteiger partial charge is 0.394 e. The molecule has 2 atom stereocenters. The summed E-state index contributed by atoms with van der Waals surface area (Å²) >= 11 is 4.34. The Hall–Kier alpha value is -1.05. The molecule has 0 radical (unpaired) electrons. The number of rotatable bonds is 2. The van der Waals surface area contributed by atoms with Crippen LogP contribution in [0.15, 0.2) is 15.8 Å². The molecule has 2 N–H and O–H groups in total. The lowest BCUT2D eigenvalue weighted by atomic mass is 10.2. The number of aromatic amines is 1. The lowest BCUT2D eigenvalue weighted by Gasteiger charge is -2.25. The first kappa shape index (κ1) is 12.4. The zero-order valence-electron chi connectivity index (χ0n) is 9.34. The van der Waals surface area contributed by atoms with Gasteiger partial charge in [0.15, 0.2) is 5.06 Å². The molecule has 7 heteroatoms. The lowest BCUT2D eigenvalue weighted by molar-refractivity contribution is -0.0480. The quantitative estimate of drug-likeness (QED) is 0.628. The van der Waals surface area contributed by atoms with Crippen LogP contribution < -0.4 is 11.2 Å². The van der Waals surface area contributed by atoms with Crippen LogP contribution >= 0.6 is 12.6 Å². The molecule has 1 aromatic rings. The fraction of sp³-hybridized carbons (Fsp3) is 0.600. The standard InChI is InChI=1S/C10H14N2O4S/c1-6-4-12(9(15)11-8(6)14)10(17)3-2-7(5-13)16-10/h4,7,13,17H,2-3,5H2,1H3,(H,11,14,15)/t7-,10-/m0/s1. The van der Waals surface area contributed by atoms with Crippen molar-refractivity contribution in [3.63, 3.8) is 0 Å². The van der Waals surface area contributed by atoms with Gasteiger partial charge in [-0.15, -0.1) is 12.6 Å². The van der Waals surface area contributed by atoms with E-state index < -0.39 is 16.3 Å². The summed E-state index contributed by atoms with van der Waals surface area (Å²) in [7, 11) is 0. The molecule has 0 bridgehead atoms. The SMILES string of the molecule is Cc1cn([C@@]2(S)CC[C@@H](CO)O2)c(=O)[nH]c1=O. The van der Waals surface area contributed by atoms with Crippen LogP contribution in [0.2, 0.25) is 0 Å². The molecule has 0 aliphatic carbocycles. The van der Waals surface area contributed by atoms with E-state index in [1.54, 1.807) is 6.92 Å². The van der Waals surface area contributed by atoms with Crippen molar-refractivity contribution in [1.29, 1.82) is 0 Å². The number of aliphatic hydroxyl groups is 1. The van der Waals surface area contributed by atoms with Gasteiger partial charge in [-0.2, -0.15) is 0 Å². The summed E-state index contributed by atoms with van der Waals surface area (Å²) in [6.45, 7) is 1.49. The Morgan fingerprint density at radius 1 is 1.71 bits per heavy atom. The van der Waals surface area contributed by atoms with Gasteiger partial charge in [-0.25, -0.2) is 4.79 Å². The van der Waals surface area contributed by atoms with Crippen molar-refractivity contribution in [3.05, 3.63) is 32.6 Å². The average Bonchev–Trinajstić information content (AvgIpc) is 2.66. The van der Waals surface area contributed by atoms with Gasteiger partial charge in [0.2, 0.25) is 0 Å². The minimum atomic E-state index is -1.10. The third-order valence-corrected chi connectivity index (χ3v) is 3.39. The number of nitrogens with zero attached hydrogens (tertiary/aromatic N) is 1. The maximum atomic E-state index is 11.7. The molecule has 1 aliphatic rings. The van der Waals surface area contributed by atoms with Crippen LogP contribution in [0.4, 0.5) is 0 Å². The van der Waals surface area contributed by atoms with Gasteiger partial charge < -0.3 is 9.84 Å². The summed E-state index contributed by atoms with van der Waals surface area (Å²) < 4.78 is 6.77. The van der Waals surface area contributed by atoms with Crippen molar-refractivity contribution in [3.8, 4) is 0 Å². The Morgan fingerprint density at radius 3 is 3.00 bits per heavy atom. The summed E-state index contributed by atoms with van der Waals surface area (Å²) in [5.74, 6) is 0. The molecule has 1 saturated heterocycles. The molecule has 0 amide bonds. The molecular weight excluding hydrogens is 244 g/mol. The van der Waals surface area contributed by atoms with Gasteiger partial charge in [0.1, 0.15) is 0 Å². The van der Waals surface area contributed by atoms with Crippen LogP contribution in [0.1, 0.15) is 18.4 Å². The highest BCUT2D eigenvalue weighted by atomic mass is 32.1. The second kappa shape index (κ2) is 4.32. The van der Waals surface area contributed by atoms with Gasteiger partial charge in [-0.05, 0) is 13.3 Å². The number of thiol groups is 1. The van der Waals surface area contributed by atoms with Crippen LogP contribution in [0.3, 0.4) is 0 Å². The molecule has 2 heterocycles. The number of nitrogens with one attached hydrogen (secondary N) is 1. The van der Waals surface area contributed by atoms with Crippen molar-refractivity contribution in [2.75, 3.05) is 6.61 Å². The van der Waals surface area contributed by atoms with Crippen molar-refractivity contribution in [2.24, 2.45) is 0 Å². The first-order valence-corrected chi connectivity index (χ1v) is 5.75. The Labute approximate surface area is 103 Å². The third-order valence-electron chi connectivity index (χ3n) is 2.85. The number of ether oxygens (including phenoxy) is 1. The van der Waals surface area contributed by atoms with Crippen molar-refractivity contribution in [1.82, 2.24) is 9.55 Å². The molecule has 0 spiro atoms. The number of aromatic nitrogens is 2. The van der Waals surface area contributed by atoms with Gasteiger partial charge in [-0.3, -0.25) is 14.3 Å². The van der Waals surface area contributed by atoms with Crippen LogP contribution in [-0.2, 0) is 9.79 Å². The fourth-order valence-electron chi connectivity index (χ4n) is 1.87. The monoisotopic (exact) mass is 258 g/mol. The van der Waals surface area contributed by atoms with E-state index in [9.17, 15) is 9.59 Å². The first-order valence-electron chi connectivity index (χ1n) is 5.30. The van der Waals surface area contributed by atoms with E-state index >= 15 is 0 Å². The zero-order chi connectivity index (χ0) is 12.6. The minimum Gasteiger partial charge on any atom is -0.394 e. The van der Waals surface area contributed by atoms with Crippen LogP contribution in [0.5, 0.6) is 0 Å². The summed E-state index contributed by atoms with van der Waals surface area (Å²) in [6, 6.07) is 0. The number of aliphatic hydroxyl groups excluding tert-OH is 1. The maximum Gasteiger partial charge on any atom is 0.331 e. The van der Waals surface area contributed by atoms with E-state index in [0.29, 0.717) is 18.4 Å². The van der Waals surface area contributed by atoms with Gasteiger partial charge in [0, 0.05) is 18.2 Å². The normalized spacial score (nSPS) is 28.5. The zero-order valence-corrected chi connectivity index (χ0v) is 10.2. The number of hydrogen-bond donors (Lipinski definition) is 3. The predicted molar refractivity (Wildman–Crippen MR) is 64.2 cm³/mol. The molecular formula is C10H14N2O4S.